The summed E-state index contributed by atoms with van der Waals surface area (Å²) in [5.74, 6) is 0.547. The Kier molecular flexibility index (Phi) is 11.5. The smallest absolute Gasteiger partial charge is 0.216 e. The maximum absolute atomic E-state index is 14.4. The molecule has 0 fully saturated rings. The number of hydrogen-bond donors (Lipinski definition) is 0. The van der Waals surface area contributed by atoms with Gasteiger partial charge in [-0.05, 0) is 69.3 Å². The molecular weight excluding hydrogens is 1010 g/mol. The molecule has 5 aromatic heterocycles. The summed E-state index contributed by atoms with van der Waals surface area (Å²) in [7, 11) is -1.47. The molecule has 0 aliphatic carbocycles. The van der Waals surface area contributed by atoms with Crippen molar-refractivity contribution in [2.24, 2.45) is 0 Å². The van der Waals surface area contributed by atoms with Gasteiger partial charge in [-0.3, -0.25) is 14.4 Å². The van der Waals surface area contributed by atoms with E-state index < -0.39 is 20.7 Å². The Balaban J connectivity index is 0.000000246. The zero-order valence-corrected chi connectivity index (χ0v) is 42.8. The maximum Gasteiger partial charge on any atom is 0.216 e. The number of aryl methyl sites for hydroxylation is 2. The van der Waals surface area contributed by atoms with E-state index in [1.54, 1.807) is 12.3 Å². The van der Waals surface area contributed by atoms with Crippen molar-refractivity contribution in [3.8, 4) is 28.3 Å². The quantitative estimate of drug-likeness (QED) is 0.123. The largest absolute Gasteiger partial charge is 0.486 e. The molecule has 0 N–H and O–H groups in total. The number of fused-ring (bicyclic) bond motifs is 8. The molecule has 10 rings (SSSR count). The molecule has 9 heteroatoms. The first-order valence-electron chi connectivity index (χ1n) is 23.9. The van der Waals surface area contributed by atoms with Crippen molar-refractivity contribution >= 4 is 68.0 Å². The summed E-state index contributed by atoms with van der Waals surface area (Å²) in [4.78, 5) is 19.6. The third-order valence-corrected chi connectivity index (χ3v) is 14.4. The Morgan fingerprint density at radius 3 is 2.14 bits per heavy atom. The molecule has 0 saturated heterocycles. The fourth-order valence-electron chi connectivity index (χ4n) is 8.66. The summed E-state index contributed by atoms with van der Waals surface area (Å²) < 4.78 is 45.4. The number of furan rings is 1. The molecule has 0 atom stereocenters. The maximum atomic E-state index is 14.4. The number of rotatable bonds is 6. The van der Waals surface area contributed by atoms with Gasteiger partial charge in [0.15, 0.2) is 0 Å². The van der Waals surface area contributed by atoms with E-state index in [-0.39, 0.29) is 48.5 Å². The Morgan fingerprint density at radius 1 is 0.773 bits per heavy atom. The van der Waals surface area contributed by atoms with Crippen LogP contribution in [0.25, 0.3) is 83.1 Å². The van der Waals surface area contributed by atoms with Gasteiger partial charge in [0, 0.05) is 70.0 Å². The molecule has 5 aromatic carbocycles. The van der Waals surface area contributed by atoms with Gasteiger partial charge in [0.2, 0.25) is 5.71 Å². The van der Waals surface area contributed by atoms with Crippen LogP contribution in [0.2, 0.25) is 19.6 Å². The van der Waals surface area contributed by atoms with Crippen LogP contribution in [0.1, 0.15) is 92.4 Å². The molecule has 5 heterocycles. The number of halogens is 1. The monoisotopic (exact) mass is 1070 g/mol. The number of benzene rings is 5. The Hall–Kier alpha value is -5.86. The van der Waals surface area contributed by atoms with E-state index in [0.717, 1.165) is 66.1 Å². The van der Waals surface area contributed by atoms with Crippen molar-refractivity contribution in [3.05, 3.63) is 155 Å². The summed E-state index contributed by atoms with van der Waals surface area (Å²) in [5, 5.41) is 6.47. The second-order valence-electron chi connectivity index (χ2n) is 19.8. The third kappa shape index (κ3) is 8.42. The van der Waals surface area contributed by atoms with Gasteiger partial charge in [-0.1, -0.05) is 158 Å². The first kappa shape index (κ1) is 42.8. The van der Waals surface area contributed by atoms with E-state index >= 15 is 0 Å². The van der Waals surface area contributed by atoms with Gasteiger partial charge in [0.25, 0.3) is 0 Å². The SMILES string of the molecule is Cc1ccc2ccc3nc(-c4[c-]ccc5c4oc4ncc6ccccc6c45)n(-c4c(C(C)C)cc(C(C)(C)C)cc4C(C)C)c3c2n1.[2H]C([2H])([2H])c1cc[c-]c(-c2ccc([Si](C)(C)C)cn2)c1F.[Ir]. The zero-order valence-electron chi connectivity index (χ0n) is 42.4. The molecule has 6 nitrogen and oxygen atoms in total. The van der Waals surface area contributed by atoms with Crippen LogP contribution in [0.15, 0.2) is 114 Å². The van der Waals surface area contributed by atoms with E-state index in [4.69, 9.17) is 23.5 Å². The van der Waals surface area contributed by atoms with E-state index in [0.29, 0.717) is 11.4 Å². The minimum atomic E-state index is -2.48. The predicted molar refractivity (Wildman–Crippen MR) is 271 cm³/mol. The first-order chi connectivity index (χ1) is 32.1. The summed E-state index contributed by atoms with van der Waals surface area (Å²) in [5.41, 5.74) is 11.2. The summed E-state index contributed by atoms with van der Waals surface area (Å²) in [6, 6.07) is 38.4. The van der Waals surface area contributed by atoms with Gasteiger partial charge in [-0.25, -0.2) is 4.98 Å². The molecule has 0 bridgehead atoms. The summed E-state index contributed by atoms with van der Waals surface area (Å²) in [6.07, 6.45) is 3.64. The molecule has 0 saturated carbocycles. The molecule has 0 amide bonds. The zero-order chi connectivity index (χ0) is 48.6. The minimum Gasteiger partial charge on any atom is -0.486 e. The van der Waals surface area contributed by atoms with E-state index in [9.17, 15) is 4.39 Å². The van der Waals surface area contributed by atoms with Crippen LogP contribution < -0.4 is 5.19 Å². The molecule has 1 radical (unpaired) electrons. The Morgan fingerprint density at radius 2 is 1.47 bits per heavy atom. The number of nitrogens with zero attached hydrogens (tertiary/aromatic N) is 5. The molecular formula is C57H56FIrN5OSi-2. The van der Waals surface area contributed by atoms with Crippen LogP contribution in [-0.4, -0.2) is 32.6 Å². The standard InChI is InChI=1S/C42H39N4O.C15H17FNSi.Ir/c1-23(2)32-20-28(42(6,7)8)21-33(24(3)4)37(32)46-38-34(19-18-26-17-16-25(5)44-36(26)38)45-40(46)31-15-11-14-30-35-29-13-10-9-12-27(29)22-43-41(35)47-39(30)31;1-11-6-5-7-13(15(11)16)14-9-8-12(10-17-14)18(2,3)4;/h9-14,16-24H,1-8H3;5-6,8-10H,1-4H3;/q2*-1;/i;1D3;. The molecule has 66 heavy (non-hydrogen) atoms. The normalized spacial score (nSPS) is 13.0. The molecule has 0 aliphatic rings. The Bertz CT molecular complexity index is 3540. The summed E-state index contributed by atoms with van der Waals surface area (Å²) in [6.45, 7) is 22.2. The number of hydrogen-bond acceptors (Lipinski definition) is 5. The van der Waals surface area contributed by atoms with Gasteiger partial charge in [0.1, 0.15) is 0 Å². The first-order valence-corrected chi connectivity index (χ1v) is 25.9. The Labute approximate surface area is 406 Å². The fraction of sp³-hybridized carbons (Fsp3) is 0.263. The average Bonchev–Trinajstić information content (AvgIpc) is 3.87. The van der Waals surface area contributed by atoms with Crippen LogP contribution >= 0.6 is 0 Å². The third-order valence-electron chi connectivity index (χ3n) is 12.3. The van der Waals surface area contributed by atoms with Gasteiger partial charge in [0.05, 0.1) is 36.0 Å². The average molecular weight is 1070 g/mol. The summed E-state index contributed by atoms with van der Waals surface area (Å²) >= 11 is 0. The van der Waals surface area contributed by atoms with Gasteiger partial charge in [-0.15, -0.1) is 36.4 Å². The number of pyridine rings is 3. The molecule has 0 aliphatic heterocycles. The van der Waals surface area contributed by atoms with Crippen molar-refractivity contribution in [2.75, 3.05) is 0 Å². The van der Waals surface area contributed by atoms with E-state index in [2.05, 4.69) is 157 Å². The van der Waals surface area contributed by atoms with Crippen LogP contribution in [0.5, 0.6) is 0 Å². The second kappa shape index (κ2) is 17.7. The van der Waals surface area contributed by atoms with Crippen molar-refractivity contribution in [1.82, 2.24) is 24.5 Å². The molecule has 0 spiro atoms. The van der Waals surface area contributed by atoms with Gasteiger partial charge < -0.3 is 14.0 Å². The van der Waals surface area contributed by atoms with E-state index in [1.165, 1.54) is 39.7 Å². The van der Waals surface area contributed by atoms with Crippen molar-refractivity contribution in [2.45, 2.75) is 99.1 Å². The fourth-order valence-corrected chi connectivity index (χ4v) is 9.70. The van der Waals surface area contributed by atoms with Crippen LogP contribution in [0.4, 0.5) is 4.39 Å². The second-order valence-corrected chi connectivity index (χ2v) is 24.9. The van der Waals surface area contributed by atoms with Crippen molar-refractivity contribution in [1.29, 1.82) is 0 Å². The number of aromatic nitrogens is 5. The topological polar surface area (TPSA) is 69.6 Å². The van der Waals surface area contributed by atoms with E-state index in [1.807, 2.05) is 24.4 Å². The molecule has 337 valence electrons. The van der Waals surface area contributed by atoms with Crippen LogP contribution in [0.3, 0.4) is 0 Å². The minimum absolute atomic E-state index is 0. The molecule has 10 aromatic rings. The van der Waals surface area contributed by atoms with Gasteiger partial charge >= 0.3 is 0 Å². The van der Waals surface area contributed by atoms with Gasteiger partial charge in [-0.2, -0.15) is 0 Å². The van der Waals surface area contributed by atoms with Crippen LogP contribution in [-0.2, 0) is 25.5 Å². The molecule has 0 unspecified atom stereocenters. The van der Waals surface area contributed by atoms with Crippen molar-refractivity contribution < 1.29 is 33.0 Å². The van der Waals surface area contributed by atoms with Crippen molar-refractivity contribution in [3.63, 3.8) is 0 Å². The van der Waals surface area contributed by atoms with Crippen LogP contribution in [0, 0.1) is 31.7 Å². The predicted octanol–water partition coefficient (Wildman–Crippen LogP) is 14.9. The number of imidazole rings is 1.